The van der Waals surface area contributed by atoms with Crippen LogP contribution in [0.25, 0.3) is 0 Å². The molecule has 1 heterocycles. The number of hydrogen-bond donors (Lipinski definition) is 1. The van der Waals surface area contributed by atoms with Crippen molar-refractivity contribution in [1.29, 1.82) is 0 Å². The second kappa shape index (κ2) is 10.4. The standard InChI is InChI=1S/C21H26ClN3O6S2/c1-3-20(25(32(2,27)28)18-8-4-16(22)5-9-18)21(26)23-17-6-10-19(11-7-17)33(29,30)24-12-14-31-15-13-24/h4-11,20H,3,12-15H2,1-2H3,(H,23,26)/t20-/m1/s1. The number of sulfonamides is 2. The predicted octanol–water partition coefficient (Wildman–Crippen LogP) is 2.54. The number of benzene rings is 2. The smallest absolute Gasteiger partial charge is 0.248 e. The molecule has 1 fully saturated rings. The summed E-state index contributed by atoms with van der Waals surface area (Å²) in [5.41, 5.74) is 0.666. The second-order valence-corrected chi connectivity index (χ2v) is 11.7. The van der Waals surface area contributed by atoms with Gasteiger partial charge in [-0.2, -0.15) is 4.31 Å². The van der Waals surface area contributed by atoms with Gasteiger partial charge in [0, 0.05) is 23.8 Å². The van der Waals surface area contributed by atoms with E-state index in [1.165, 1.54) is 40.7 Å². The summed E-state index contributed by atoms with van der Waals surface area (Å²) < 4.78 is 58.1. The van der Waals surface area contributed by atoms with Crippen molar-refractivity contribution in [2.75, 3.05) is 42.2 Å². The average molecular weight is 516 g/mol. The fraction of sp³-hybridized carbons (Fsp3) is 0.381. The van der Waals surface area contributed by atoms with Gasteiger partial charge in [0.1, 0.15) is 6.04 Å². The monoisotopic (exact) mass is 515 g/mol. The van der Waals surface area contributed by atoms with Gasteiger partial charge in [-0.25, -0.2) is 16.8 Å². The number of carbonyl (C=O) groups is 1. The fourth-order valence-corrected chi connectivity index (χ4v) is 6.27. The van der Waals surface area contributed by atoms with Crippen LogP contribution in [0.1, 0.15) is 13.3 Å². The quantitative estimate of drug-likeness (QED) is 0.578. The number of halogens is 1. The lowest BCUT2D eigenvalue weighted by molar-refractivity contribution is -0.117. The predicted molar refractivity (Wildman–Crippen MR) is 128 cm³/mol. The summed E-state index contributed by atoms with van der Waals surface area (Å²) in [6, 6.07) is 10.9. The number of hydrogen-bond acceptors (Lipinski definition) is 6. The molecule has 0 unspecified atom stereocenters. The Morgan fingerprint density at radius 3 is 2.15 bits per heavy atom. The summed E-state index contributed by atoms with van der Waals surface area (Å²) in [5.74, 6) is -0.540. The summed E-state index contributed by atoms with van der Waals surface area (Å²) in [6.45, 7) is 2.96. The lowest BCUT2D eigenvalue weighted by Gasteiger charge is -2.30. The highest BCUT2D eigenvalue weighted by Crippen LogP contribution is 2.25. The minimum absolute atomic E-state index is 0.105. The molecule has 0 saturated carbocycles. The van der Waals surface area contributed by atoms with Gasteiger partial charge < -0.3 is 10.1 Å². The van der Waals surface area contributed by atoms with Crippen molar-refractivity contribution in [1.82, 2.24) is 4.31 Å². The first kappa shape index (κ1) is 25.4. The number of nitrogens with one attached hydrogen (secondary N) is 1. The van der Waals surface area contributed by atoms with Crippen LogP contribution in [0, 0.1) is 0 Å². The molecule has 0 radical (unpaired) electrons. The van der Waals surface area contributed by atoms with Gasteiger partial charge in [0.25, 0.3) is 0 Å². The Bertz CT molecular complexity index is 1180. The van der Waals surface area contributed by atoms with E-state index in [1.54, 1.807) is 19.1 Å². The van der Waals surface area contributed by atoms with Gasteiger partial charge in [-0.3, -0.25) is 9.10 Å². The van der Waals surface area contributed by atoms with E-state index in [1.807, 2.05) is 0 Å². The molecule has 180 valence electrons. The van der Waals surface area contributed by atoms with Crippen molar-refractivity contribution in [3.63, 3.8) is 0 Å². The topological polar surface area (TPSA) is 113 Å². The largest absolute Gasteiger partial charge is 0.379 e. The van der Waals surface area contributed by atoms with Crippen LogP contribution in [0.2, 0.25) is 5.02 Å². The Morgan fingerprint density at radius 1 is 1.06 bits per heavy atom. The van der Waals surface area contributed by atoms with Gasteiger partial charge in [-0.05, 0) is 55.0 Å². The van der Waals surface area contributed by atoms with Crippen LogP contribution in [0.15, 0.2) is 53.4 Å². The van der Waals surface area contributed by atoms with E-state index in [0.29, 0.717) is 29.6 Å². The van der Waals surface area contributed by atoms with E-state index < -0.39 is 32.0 Å². The molecule has 0 bridgehead atoms. The molecular formula is C21H26ClN3O6S2. The molecule has 12 heteroatoms. The van der Waals surface area contributed by atoms with Crippen LogP contribution >= 0.6 is 11.6 Å². The van der Waals surface area contributed by atoms with Gasteiger partial charge in [-0.15, -0.1) is 0 Å². The Morgan fingerprint density at radius 2 is 1.64 bits per heavy atom. The van der Waals surface area contributed by atoms with Crippen molar-refractivity contribution in [3.8, 4) is 0 Å². The number of rotatable bonds is 8. The Balaban J connectivity index is 1.80. The van der Waals surface area contributed by atoms with Crippen LogP contribution in [-0.4, -0.2) is 65.6 Å². The van der Waals surface area contributed by atoms with E-state index in [4.69, 9.17) is 16.3 Å². The normalized spacial score (nSPS) is 16.2. The molecule has 2 aromatic rings. The molecule has 3 rings (SSSR count). The lowest BCUT2D eigenvalue weighted by Crippen LogP contribution is -2.47. The number of carbonyl (C=O) groups excluding carboxylic acids is 1. The zero-order chi connectivity index (χ0) is 24.2. The highest BCUT2D eigenvalue weighted by Gasteiger charge is 2.32. The van der Waals surface area contributed by atoms with E-state index in [9.17, 15) is 21.6 Å². The third kappa shape index (κ3) is 6.04. The molecule has 9 nitrogen and oxygen atoms in total. The summed E-state index contributed by atoms with van der Waals surface area (Å²) in [4.78, 5) is 13.1. The molecule has 1 aliphatic heterocycles. The van der Waals surface area contributed by atoms with Crippen LogP contribution in [0.3, 0.4) is 0 Å². The van der Waals surface area contributed by atoms with Gasteiger partial charge in [0.05, 0.1) is 30.1 Å². The maximum atomic E-state index is 13.0. The fourth-order valence-electron chi connectivity index (χ4n) is 3.52. The number of nitrogens with zero attached hydrogens (tertiary/aromatic N) is 2. The van der Waals surface area contributed by atoms with E-state index in [2.05, 4.69) is 5.32 Å². The van der Waals surface area contributed by atoms with Crippen molar-refractivity contribution in [3.05, 3.63) is 53.6 Å². The zero-order valence-corrected chi connectivity index (χ0v) is 20.7. The summed E-state index contributed by atoms with van der Waals surface area (Å²) in [5, 5.41) is 3.13. The van der Waals surface area contributed by atoms with Gasteiger partial charge in [0.15, 0.2) is 0 Å². The first-order chi connectivity index (χ1) is 15.5. The third-order valence-corrected chi connectivity index (χ3v) is 8.49. The van der Waals surface area contributed by atoms with Crippen LogP contribution in [0.5, 0.6) is 0 Å². The van der Waals surface area contributed by atoms with E-state index in [0.717, 1.165) is 10.6 Å². The Hall–Kier alpha value is -2.18. The first-order valence-corrected chi connectivity index (χ1v) is 13.9. The van der Waals surface area contributed by atoms with Gasteiger partial charge >= 0.3 is 0 Å². The Labute approximate surface area is 199 Å². The van der Waals surface area contributed by atoms with Crippen LogP contribution < -0.4 is 9.62 Å². The maximum absolute atomic E-state index is 13.0. The van der Waals surface area contributed by atoms with Crippen LogP contribution in [0.4, 0.5) is 11.4 Å². The maximum Gasteiger partial charge on any atom is 0.248 e. The number of amides is 1. The molecule has 0 aliphatic carbocycles. The molecular weight excluding hydrogens is 490 g/mol. The number of ether oxygens (including phenoxy) is 1. The molecule has 1 saturated heterocycles. The molecule has 1 amide bonds. The Kier molecular flexibility index (Phi) is 8.01. The van der Waals surface area contributed by atoms with E-state index in [-0.39, 0.29) is 24.4 Å². The zero-order valence-electron chi connectivity index (χ0n) is 18.3. The average Bonchev–Trinajstić information content (AvgIpc) is 2.78. The number of anilines is 2. The van der Waals surface area contributed by atoms with Crippen molar-refractivity contribution in [2.45, 2.75) is 24.3 Å². The molecule has 1 atom stereocenters. The third-order valence-electron chi connectivity index (χ3n) is 5.14. The molecule has 1 aliphatic rings. The summed E-state index contributed by atoms with van der Waals surface area (Å²) >= 11 is 5.91. The summed E-state index contributed by atoms with van der Waals surface area (Å²) in [7, 11) is -7.44. The van der Waals surface area contributed by atoms with Crippen molar-refractivity contribution < 1.29 is 26.4 Å². The highest BCUT2D eigenvalue weighted by molar-refractivity contribution is 7.92. The number of morpholine rings is 1. The molecule has 1 N–H and O–H groups in total. The van der Waals surface area contributed by atoms with Crippen molar-refractivity contribution in [2.24, 2.45) is 0 Å². The van der Waals surface area contributed by atoms with Crippen LogP contribution in [-0.2, 0) is 29.6 Å². The first-order valence-electron chi connectivity index (χ1n) is 10.3. The minimum Gasteiger partial charge on any atom is -0.379 e. The molecule has 33 heavy (non-hydrogen) atoms. The SMILES string of the molecule is CC[C@H](C(=O)Nc1ccc(S(=O)(=O)N2CCOCC2)cc1)N(c1ccc(Cl)cc1)S(C)(=O)=O. The highest BCUT2D eigenvalue weighted by atomic mass is 35.5. The second-order valence-electron chi connectivity index (χ2n) is 7.49. The lowest BCUT2D eigenvalue weighted by atomic mass is 10.2. The summed E-state index contributed by atoms with van der Waals surface area (Å²) in [6.07, 6.45) is 1.24. The van der Waals surface area contributed by atoms with Gasteiger partial charge in [0.2, 0.25) is 26.0 Å². The molecule has 0 spiro atoms. The minimum atomic E-state index is -3.78. The van der Waals surface area contributed by atoms with Gasteiger partial charge in [-0.1, -0.05) is 18.5 Å². The molecule has 2 aromatic carbocycles. The van der Waals surface area contributed by atoms with E-state index >= 15 is 0 Å². The van der Waals surface area contributed by atoms with Crippen molar-refractivity contribution >= 4 is 48.9 Å². The molecule has 0 aromatic heterocycles.